The van der Waals surface area contributed by atoms with Gasteiger partial charge in [-0.1, -0.05) is 26.3 Å². The van der Waals surface area contributed by atoms with Crippen molar-refractivity contribution in [1.82, 2.24) is 0 Å². The second-order valence-electron chi connectivity index (χ2n) is 12.6. The molecule has 0 spiro atoms. The SMILES string of the molecule is C=C(C)CCC1O[C@H]2C[C@H]3[C@@H]4CCC5CC[C@@H](N)C[C@]5(C)[C@H]4CC[C@]3(C)[C@H]2[C@@H]1C. The van der Waals surface area contributed by atoms with Crippen LogP contribution in [0.15, 0.2) is 12.2 Å². The smallest absolute Gasteiger partial charge is 0.0618 e. The molecule has 11 atom stereocenters. The minimum absolute atomic E-state index is 0.448. The molecule has 164 valence electrons. The van der Waals surface area contributed by atoms with Crippen LogP contribution in [-0.2, 0) is 4.74 Å². The van der Waals surface area contributed by atoms with Gasteiger partial charge in [0.15, 0.2) is 0 Å². The second kappa shape index (κ2) is 7.09. The zero-order chi connectivity index (χ0) is 20.6. The van der Waals surface area contributed by atoms with Gasteiger partial charge in [-0.3, -0.25) is 0 Å². The van der Waals surface area contributed by atoms with E-state index in [9.17, 15) is 0 Å². The molecule has 1 heterocycles. The minimum Gasteiger partial charge on any atom is -0.374 e. The highest BCUT2D eigenvalue weighted by atomic mass is 16.5. The highest BCUT2D eigenvalue weighted by molar-refractivity contribution is 5.14. The van der Waals surface area contributed by atoms with E-state index in [4.69, 9.17) is 10.5 Å². The lowest BCUT2D eigenvalue weighted by atomic mass is 9.44. The molecule has 2 N–H and O–H groups in total. The molecule has 5 rings (SSSR count). The number of ether oxygens (including phenoxy) is 1. The van der Waals surface area contributed by atoms with Gasteiger partial charge in [0, 0.05) is 6.04 Å². The summed E-state index contributed by atoms with van der Waals surface area (Å²) in [7, 11) is 0. The maximum Gasteiger partial charge on any atom is 0.0618 e. The largest absolute Gasteiger partial charge is 0.374 e. The average molecular weight is 400 g/mol. The van der Waals surface area contributed by atoms with Crippen molar-refractivity contribution in [2.24, 2.45) is 52.1 Å². The molecular formula is C27H45NO. The van der Waals surface area contributed by atoms with E-state index in [2.05, 4.69) is 34.3 Å². The third-order valence-electron chi connectivity index (χ3n) is 11.1. The van der Waals surface area contributed by atoms with Crippen molar-refractivity contribution in [1.29, 1.82) is 0 Å². The van der Waals surface area contributed by atoms with Crippen LogP contribution in [0.1, 0.15) is 91.9 Å². The molecule has 5 aliphatic rings. The van der Waals surface area contributed by atoms with Gasteiger partial charge in [0.25, 0.3) is 0 Å². The molecule has 2 heteroatoms. The number of nitrogens with two attached hydrogens (primary N) is 1. The fourth-order valence-electron chi connectivity index (χ4n) is 9.82. The van der Waals surface area contributed by atoms with Crippen molar-refractivity contribution in [2.75, 3.05) is 0 Å². The Bertz CT molecular complexity index is 659. The summed E-state index contributed by atoms with van der Waals surface area (Å²) in [6.45, 7) is 14.1. The molecule has 0 bridgehead atoms. The summed E-state index contributed by atoms with van der Waals surface area (Å²) < 4.78 is 6.77. The van der Waals surface area contributed by atoms with Crippen LogP contribution in [0.4, 0.5) is 0 Å². The van der Waals surface area contributed by atoms with Gasteiger partial charge in [-0.15, -0.1) is 6.58 Å². The number of rotatable bonds is 3. The highest BCUT2D eigenvalue weighted by Gasteiger charge is 2.65. The molecule has 0 amide bonds. The fourth-order valence-corrected chi connectivity index (χ4v) is 9.82. The fraction of sp³-hybridized carbons (Fsp3) is 0.926. The first kappa shape index (κ1) is 20.6. The lowest BCUT2D eigenvalue weighted by molar-refractivity contribution is -0.117. The van der Waals surface area contributed by atoms with Gasteiger partial charge in [-0.2, -0.15) is 0 Å². The van der Waals surface area contributed by atoms with Crippen LogP contribution in [0.3, 0.4) is 0 Å². The van der Waals surface area contributed by atoms with E-state index in [-0.39, 0.29) is 0 Å². The Morgan fingerprint density at radius 3 is 2.59 bits per heavy atom. The van der Waals surface area contributed by atoms with Crippen molar-refractivity contribution in [2.45, 2.75) is 110 Å². The number of hydrogen-bond acceptors (Lipinski definition) is 2. The van der Waals surface area contributed by atoms with Crippen LogP contribution < -0.4 is 5.73 Å². The standard InChI is InChI=1S/C27H45NO/c1-16(2)6-11-23-17(3)25-24(29-23)14-22-20-10-8-18-7-9-19(28)15-27(18,5)21(20)12-13-26(22,25)4/h17-25H,1,6-15,28H2,2-5H3/t17-,18?,19-,20-,21+,22+,23?,24+,25+,26+,27+/m1/s1. The number of allylic oxidation sites excluding steroid dienone is 1. The molecule has 2 nitrogen and oxygen atoms in total. The van der Waals surface area contributed by atoms with Crippen molar-refractivity contribution < 1.29 is 4.74 Å². The Morgan fingerprint density at radius 1 is 1.07 bits per heavy atom. The van der Waals surface area contributed by atoms with Gasteiger partial charge in [0.2, 0.25) is 0 Å². The first-order valence-corrected chi connectivity index (χ1v) is 12.8. The van der Waals surface area contributed by atoms with E-state index >= 15 is 0 Å². The molecule has 29 heavy (non-hydrogen) atoms. The van der Waals surface area contributed by atoms with Gasteiger partial charge >= 0.3 is 0 Å². The van der Waals surface area contributed by atoms with E-state index < -0.39 is 0 Å². The van der Waals surface area contributed by atoms with Crippen LogP contribution >= 0.6 is 0 Å². The lowest BCUT2D eigenvalue weighted by Crippen LogP contribution is -2.55. The summed E-state index contributed by atoms with van der Waals surface area (Å²) in [5, 5.41) is 0. The van der Waals surface area contributed by atoms with Crippen LogP contribution in [0.25, 0.3) is 0 Å². The molecule has 0 aromatic rings. The summed E-state index contributed by atoms with van der Waals surface area (Å²) >= 11 is 0. The van der Waals surface area contributed by atoms with Gasteiger partial charge in [0.1, 0.15) is 0 Å². The van der Waals surface area contributed by atoms with Gasteiger partial charge in [-0.25, -0.2) is 0 Å². The van der Waals surface area contributed by atoms with E-state index in [1.807, 2.05) is 0 Å². The van der Waals surface area contributed by atoms with Crippen LogP contribution in [0.2, 0.25) is 0 Å². The maximum absolute atomic E-state index is 6.77. The van der Waals surface area contributed by atoms with Crippen LogP contribution in [0, 0.1) is 46.3 Å². The molecule has 0 radical (unpaired) electrons. The van der Waals surface area contributed by atoms with Crippen molar-refractivity contribution in [3.05, 3.63) is 12.2 Å². The van der Waals surface area contributed by atoms with E-state index in [1.165, 1.54) is 63.4 Å². The predicted octanol–water partition coefficient (Wildman–Crippen LogP) is 6.34. The Morgan fingerprint density at radius 2 is 1.83 bits per heavy atom. The molecule has 2 unspecified atom stereocenters. The number of fused-ring (bicyclic) bond motifs is 7. The Hall–Kier alpha value is -0.340. The van der Waals surface area contributed by atoms with Gasteiger partial charge in [-0.05, 0) is 117 Å². The molecule has 4 saturated carbocycles. The van der Waals surface area contributed by atoms with E-state index in [0.29, 0.717) is 35.0 Å². The second-order valence-corrected chi connectivity index (χ2v) is 12.6. The molecule has 5 fully saturated rings. The van der Waals surface area contributed by atoms with Crippen LogP contribution in [0.5, 0.6) is 0 Å². The molecule has 0 aromatic carbocycles. The van der Waals surface area contributed by atoms with Crippen LogP contribution in [-0.4, -0.2) is 18.2 Å². The van der Waals surface area contributed by atoms with Gasteiger partial charge < -0.3 is 10.5 Å². The van der Waals surface area contributed by atoms with E-state index in [1.54, 1.807) is 0 Å². The average Bonchev–Trinajstić information content (AvgIpc) is 3.13. The third-order valence-corrected chi connectivity index (χ3v) is 11.1. The van der Waals surface area contributed by atoms with Crippen molar-refractivity contribution in [3.8, 4) is 0 Å². The third kappa shape index (κ3) is 3.02. The van der Waals surface area contributed by atoms with Gasteiger partial charge in [0.05, 0.1) is 12.2 Å². The Kier molecular flexibility index (Phi) is 5.03. The summed E-state index contributed by atoms with van der Waals surface area (Å²) in [5.74, 6) is 5.16. The molecule has 4 aliphatic carbocycles. The lowest BCUT2D eigenvalue weighted by Gasteiger charge is -2.61. The van der Waals surface area contributed by atoms with Crippen molar-refractivity contribution in [3.63, 3.8) is 0 Å². The zero-order valence-corrected chi connectivity index (χ0v) is 19.5. The Labute approximate surface area is 179 Å². The quantitative estimate of drug-likeness (QED) is 0.562. The first-order valence-electron chi connectivity index (χ1n) is 12.8. The molecule has 1 aliphatic heterocycles. The number of hydrogen-bond donors (Lipinski definition) is 1. The molecule has 1 saturated heterocycles. The molecule has 0 aromatic heterocycles. The first-order chi connectivity index (χ1) is 13.7. The summed E-state index contributed by atoms with van der Waals surface area (Å²) in [6, 6.07) is 0.448. The summed E-state index contributed by atoms with van der Waals surface area (Å²) in [5.41, 5.74) is 8.83. The predicted molar refractivity (Wildman–Crippen MR) is 120 cm³/mol. The zero-order valence-electron chi connectivity index (χ0n) is 19.5. The highest BCUT2D eigenvalue weighted by Crippen LogP contribution is 2.70. The Balaban J connectivity index is 1.36. The van der Waals surface area contributed by atoms with E-state index in [0.717, 1.165) is 36.0 Å². The monoisotopic (exact) mass is 399 g/mol. The van der Waals surface area contributed by atoms with Crippen molar-refractivity contribution >= 4 is 0 Å². The molecular weight excluding hydrogens is 354 g/mol. The maximum atomic E-state index is 6.77. The summed E-state index contributed by atoms with van der Waals surface area (Å²) in [6.07, 6.45) is 14.4. The normalized spacial score (nSPS) is 56.2. The summed E-state index contributed by atoms with van der Waals surface area (Å²) in [4.78, 5) is 0. The minimum atomic E-state index is 0.448. The topological polar surface area (TPSA) is 35.2 Å².